The van der Waals surface area contributed by atoms with Crippen molar-refractivity contribution in [2.24, 2.45) is 0 Å². The number of ether oxygens (including phenoxy) is 1. The summed E-state index contributed by atoms with van der Waals surface area (Å²) in [6.45, 7) is 2.58. The Bertz CT molecular complexity index is 423. The highest BCUT2D eigenvalue weighted by molar-refractivity contribution is 6.42. The molecule has 0 spiro atoms. The van der Waals surface area contributed by atoms with Crippen LogP contribution in [0.15, 0.2) is 18.2 Å². The number of aliphatic hydroxyl groups is 1. The molecule has 1 aromatic carbocycles. The summed E-state index contributed by atoms with van der Waals surface area (Å²) < 4.78 is 5.93. The van der Waals surface area contributed by atoms with E-state index >= 15 is 0 Å². The van der Waals surface area contributed by atoms with Crippen LogP contribution in [-0.2, 0) is 4.74 Å². The first kappa shape index (κ1) is 15.1. The molecule has 0 aliphatic heterocycles. The Kier molecular flexibility index (Phi) is 5.13. The molecule has 1 fully saturated rings. The molecule has 4 heteroatoms. The SMILES string of the molecule is CCOC1(C(O)c2ccc(Cl)c(Cl)c2)CCCCC1. The second kappa shape index (κ2) is 6.45. The van der Waals surface area contributed by atoms with E-state index in [2.05, 4.69) is 0 Å². The van der Waals surface area contributed by atoms with Crippen LogP contribution in [0.5, 0.6) is 0 Å². The van der Waals surface area contributed by atoms with E-state index in [1.807, 2.05) is 13.0 Å². The summed E-state index contributed by atoms with van der Waals surface area (Å²) in [4.78, 5) is 0. The van der Waals surface area contributed by atoms with Gasteiger partial charge in [0.15, 0.2) is 0 Å². The molecule has 1 atom stereocenters. The fourth-order valence-electron chi connectivity index (χ4n) is 2.92. The van der Waals surface area contributed by atoms with Gasteiger partial charge in [0.05, 0.1) is 15.6 Å². The van der Waals surface area contributed by atoms with Gasteiger partial charge < -0.3 is 9.84 Å². The van der Waals surface area contributed by atoms with Crippen LogP contribution >= 0.6 is 23.2 Å². The third-order valence-electron chi connectivity index (χ3n) is 3.89. The van der Waals surface area contributed by atoms with Gasteiger partial charge in [-0.25, -0.2) is 0 Å². The molecule has 106 valence electrons. The van der Waals surface area contributed by atoms with E-state index in [0.717, 1.165) is 31.2 Å². The molecule has 1 N–H and O–H groups in total. The van der Waals surface area contributed by atoms with E-state index in [-0.39, 0.29) is 0 Å². The highest BCUT2D eigenvalue weighted by atomic mass is 35.5. The third-order valence-corrected chi connectivity index (χ3v) is 4.63. The molecular weight excluding hydrogens is 283 g/mol. The van der Waals surface area contributed by atoms with Gasteiger partial charge in [-0.05, 0) is 37.5 Å². The predicted molar refractivity (Wildman–Crippen MR) is 78.9 cm³/mol. The lowest BCUT2D eigenvalue weighted by Gasteiger charge is -2.41. The fourth-order valence-corrected chi connectivity index (χ4v) is 3.23. The van der Waals surface area contributed by atoms with Gasteiger partial charge in [-0.15, -0.1) is 0 Å². The summed E-state index contributed by atoms with van der Waals surface area (Å²) in [5.41, 5.74) is 0.314. The van der Waals surface area contributed by atoms with Crippen LogP contribution in [0, 0.1) is 0 Å². The monoisotopic (exact) mass is 302 g/mol. The average Bonchev–Trinajstić information content (AvgIpc) is 2.42. The zero-order valence-electron chi connectivity index (χ0n) is 11.2. The van der Waals surface area contributed by atoms with Crippen molar-refractivity contribution in [3.8, 4) is 0 Å². The summed E-state index contributed by atoms with van der Waals surface area (Å²) in [6, 6.07) is 5.29. The zero-order valence-corrected chi connectivity index (χ0v) is 12.7. The van der Waals surface area contributed by atoms with E-state index in [9.17, 15) is 5.11 Å². The lowest BCUT2D eigenvalue weighted by atomic mass is 9.78. The first-order chi connectivity index (χ1) is 9.09. The molecule has 1 saturated carbocycles. The Hall–Kier alpha value is -0.280. The van der Waals surface area contributed by atoms with Crippen LogP contribution in [0.4, 0.5) is 0 Å². The van der Waals surface area contributed by atoms with Gasteiger partial charge in [-0.1, -0.05) is 48.5 Å². The Labute approximate surface area is 124 Å². The minimum Gasteiger partial charge on any atom is -0.385 e. The van der Waals surface area contributed by atoms with Crippen molar-refractivity contribution >= 4 is 23.2 Å². The summed E-state index contributed by atoms with van der Waals surface area (Å²) in [6.07, 6.45) is 4.53. The number of hydrogen-bond acceptors (Lipinski definition) is 2. The molecule has 0 aromatic heterocycles. The molecule has 2 rings (SSSR count). The first-order valence-corrected chi connectivity index (χ1v) is 7.61. The highest BCUT2D eigenvalue weighted by Gasteiger charge is 2.40. The van der Waals surface area contributed by atoms with Gasteiger partial charge in [-0.3, -0.25) is 0 Å². The second-order valence-corrected chi connectivity index (χ2v) is 5.95. The Morgan fingerprint density at radius 2 is 1.89 bits per heavy atom. The molecule has 1 aromatic rings. The highest BCUT2D eigenvalue weighted by Crippen LogP contribution is 2.42. The molecule has 1 aliphatic carbocycles. The van der Waals surface area contributed by atoms with Gasteiger partial charge in [0.25, 0.3) is 0 Å². The van der Waals surface area contributed by atoms with Gasteiger partial charge in [-0.2, -0.15) is 0 Å². The third kappa shape index (κ3) is 3.25. The average molecular weight is 303 g/mol. The Morgan fingerprint density at radius 3 is 2.47 bits per heavy atom. The minimum atomic E-state index is -0.650. The van der Waals surface area contributed by atoms with Crippen LogP contribution in [0.2, 0.25) is 10.0 Å². The number of aliphatic hydroxyl groups excluding tert-OH is 1. The van der Waals surface area contributed by atoms with E-state index < -0.39 is 11.7 Å². The first-order valence-electron chi connectivity index (χ1n) is 6.86. The maximum atomic E-state index is 10.7. The molecule has 1 unspecified atom stereocenters. The number of halogens is 2. The van der Waals surface area contributed by atoms with Crippen molar-refractivity contribution in [3.05, 3.63) is 33.8 Å². The minimum absolute atomic E-state index is 0.468. The van der Waals surface area contributed by atoms with E-state index in [1.165, 1.54) is 6.42 Å². The molecular formula is C15H20Cl2O2. The summed E-state index contributed by atoms with van der Waals surface area (Å²) >= 11 is 12.0. The number of rotatable bonds is 4. The molecule has 19 heavy (non-hydrogen) atoms. The second-order valence-electron chi connectivity index (χ2n) is 5.13. The van der Waals surface area contributed by atoms with Crippen molar-refractivity contribution < 1.29 is 9.84 Å². The summed E-state index contributed by atoms with van der Waals surface area (Å²) in [5, 5.41) is 11.7. The number of benzene rings is 1. The Morgan fingerprint density at radius 1 is 1.21 bits per heavy atom. The Balaban J connectivity index is 2.27. The standard InChI is InChI=1S/C15H20Cl2O2/c1-2-19-15(8-4-3-5-9-15)14(18)11-6-7-12(16)13(17)10-11/h6-7,10,14,18H,2-5,8-9H2,1H3. The van der Waals surface area contributed by atoms with Crippen LogP contribution in [-0.4, -0.2) is 17.3 Å². The zero-order chi connectivity index (χ0) is 13.9. The molecule has 0 heterocycles. The van der Waals surface area contributed by atoms with Crippen LogP contribution < -0.4 is 0 Å². The van der Waals surface area contributed by atoms with Crippen LogP contribution in [0.1, 0.15) is 50.7 Å². The fraction of sp³-hybridized carbons (Fsp3) is 0.600. The molecule has 0 amide bonds. The smallest absolute Gasteiger partial charge is 0.108 e. The summed E-state index contributed by atoms with van der Waals surface area (Å²) in [7, 11) is 0. The lowest BCUT2D eigenvalue weighted by Crippen LogP contribution is -2.41. The molecule has 0 bridgehead atoms. The predicted octanol–water partition coefficient (Wildman–Crippen LogP) is 4.77. The van der Waals surface area contributed by atoms with Crippen LogP contribution in [0.25, 0.3) is 0 Å². The van der Waals surface area contributed by atoms with Gasteiger partial charge in [0.1, 0.15) is 6.10 Å². The van der Waals surface area contributed by atoms with Crippen molar-refractivity contribution in [1.29, 1.82) is 0 Å². The molecule has 1 aliphatic rings. The number of hydrogen-bond donors (Lipinski definition) is 1. The maximum Gasteiger partial charge on any atom is 0.108 e. The van der Waals surface area contributed by atoms with Gasteiger partial charge in [0, 0.05) is 6.61 Å². The van der Waals surface area contributed by atoms with Crippen molar-refractivity contribution in [1.82, 2.24) is 0 Å². The van der Waals surface area contributed by atoms with Crippen molar-refractivity contribution in [2.45, 2.75) is 50.7 Å². The summed E-state index contributed by atoms with van der Waals surface area (Å²) in [5.74, 6) is 0. The van der Waals surface area contributed by atoms with E-state index in [4.69, 9.17) is 27.9 Å². The largest absolute Gasteiger partial charge is 0.385 e. The van der Waals surface area contributed by atoms with Gasteiger partial charge >= 0.3 is 0 Å². The normalized spacial score (nSPS) is 20.2. The van der Waals surface area contributed by atoms with E-state index in [1.54, 1.807) is 12.1 Å². The maximum absolute atomic E-state index is 10.7. The quantitative estimate of drug-likeness (QED) is 0.868. The van der Waals surface area contributed by atoms with Gasteiger partial charge in [0.2, 0.25) is 0 Å². The van der Waals surface area contributed by atoms with Crippen molar-refractivity contribution in [2.75, 3.05) is 6.61 Å². The van der Waals surface area contributed by atoms with E-state index in [0.29, 0.717) is 16.7 Å². The molecule has 2 nitrogen and oxygen atoms in total. The topological polar surface area (TPSA) is 29.5 Å². The van der Waals surface area contributed by atoms with Crippen molar-refractivity contribution in [3.63, 3.8) is 0 Å². The lowest BCUT2D eigenvalue weighted by molar-refractivity contribution is -0.141. The van der Waals surface area contributed by atoms with Crippen LogP contribution in [0.3, 0.4) is 0 Å². The molecule has 0 saturated heterocycles. The molecule has 0 radical (unpaired) electrons.